The molecule has 196 valence electrons. The molecule has 0 bridgehead atoms. The fourth-order valence-corrected chi connectivity index (χ4v) is 5.96. The Labute approximate surface area is 222 Å². The van der Waals surface area contributed by atoms with Crippen LogP contribution in [0.25, 0.3) is 17.0 Å². The third-order valence-corrected chi connectivity index (χ3v) is 8.40. The van der Waals surface area contributed by atoms with Crippen LogP contribution in [0.3, 0.4) is 0 Å². The van der Waals surface area contributed by atoms with E-state index in [1.807, 2.05) is 24.3 Å². The lowest BCUT2D eigenvalue weighted by Gasteiger charge is -2.30. The first-order chi connectivity index (χ1) is 18.3. The van der Waals surface area contributed by atoms with Gasteiger partial charge in [0, 0.05) is 48.6 Å². The molecule has 1 aliphatic carbocycles. The molecule has 0 radical (unpaired) electrons. The van der Waals surface area contributed by atoms with Crippen molar-refractivity contribution in [1.29, 1.82) is 0 Å². The number of aromatic nitrogens is 1. The maximum atomic E-state index is 11.9. The molecule has 1 unspecified atom stereocenters. The van der Waals surface area contributed by atoms with Crippen molar-refractivity contribution in [1.82, 2.24) is 15.4 Å². The van der Waals surface area contributed by atoms with Gasteiger partial charge < -0.3 is 4.98 Å². The first kappa shape index (κ1) is 25.9. The van der Waals surface area contributed by atoms with Gasteiger partial charge in [-0.15, -0.1) is 0 Å². The lowest BCUT2D eigenvalue weighted by molar-refractivity contribution is -0.124. The number of amides is 1. The van der Waals surface area contributed by atoms with Crippen molar-refractivity contribution in [2.24, 2.45) is 0 Å². The van der Waals surface area contributed by atoms with Crippen molar-refractivity contribution in [3.05, 3.63) is 107 Å². The number of benzene rings is 3. The Bertz CT molecular complexity index is 1590. The van der Waals surface area contributed by atoms with E-state index in [0.29, 0.717) is 11.4 Å². The van der Waals surface area contributed by atoms with Crippen LogP contribution >= 0.6 is 0 Å². The van der Waals surface area contributed by atoms with Gasteiger partial charge in [-0.1, -0.05) is 48.5 Å². The summed E-state index contributed by atoms with van der Waals surface area (Å²) in [6.07, 6.45) is 9.12. The molecular formula is C30H31N3O4S. The first-order valence-electron chi connectivity index (χ1n) is 12.6. The number of hydroxylamine groups is 1. The van der Waals surface area contributed by atoms with Gasteiger partial charge in [0.15, 0.2) is 9.84 Å². The van der Waals surface area contributed by atoms with Crippen LogP contribution in [0.15, 0.2) is 83.9 Å². The number of carbonyl (C=O) groups excluding carboxylic acids is 1. The van der Waals surface area contributed by atoms with Crippen molar-refractivity contribution in [3.63, 3.8) is 0 Å². The number of aryl methyl sites for hydroxylation is 1. The van der Waals surface area contributed by atoms with Crippen LogP contribution < -0.4 is 5.48 Å². The predicted octanol–water partition coefficient (Wildman–Crippen LogP) is 4.82. The summed E-state index contributed by atoms with van der Waals surface area (Å²) in [6.45, 7) is 1.55. The normalized spacial score (nSPS) is 15.4. The van der Waals surface area contributed by atoms with E-state index in [0.717, 1.165) is 42.5 Å². The molecule has 1 aromatic heterocycles. The third-order valence-electron chi connectivity index (χ3n) is 7.27. The summed E-state index contributed by atoms with van der Waals surface area (Å²) >= 11 is 0. The van der Waals surface area contributed by atoms with Crippen molar-refractivity contribution >= 4 is 32.7 Å². The molecule has 0 saturated heterocycles. The van der Waals surface area contributed by atoms with Crippen LogP contribution in [-0.2, 0) is 34.0 Å². The smallest absolute Gasteiger partial charge is 0.267 e. The average molecular weight is 530 g/mol. The number of H-pyrrole nitrogens is 1. The lowest BCUT2D eigenvalue weighted by atomic mass is 10.0. The Hall–Kier alpha value is -3.72. The van der Waals surface area contributed by atoms with Crippen LogP contribution in [0.1, 0.15) is 40.3 Å². The zero-order valence-electron chi connectivity index (χ0n) is 21.2. The topological polar surface area (TPSA) is 103 Å². The summed E-state index contributed by atoms with van der Waals surface area (Å²) < 4.78 is 23.9. The van der Waals surface area contributed by atoms with Gasteiger partial charge in [-0.3, -0.25) is 14.9 Å². The predicted molar refractivity (Wildman–Crippen MR) is 148 cm³/mol. The number of hydrogen-bond acceptors (Lipinski definition) is 5. The van der Waals surface area contributed by atoms with Crippen molar-refractivity contribution < 1.29 is 18.4 Å². The number of nitrogens with one attached hydrogen (secondary N) is 2. The van der Waals surface area contributed by atoms with Crippen molar-refractivity contribution in [3.8, 4) is 0 Å². The molecule has 1 amide bonds. The van der Waals surface area contributed by atoms with Crippen molar-refractivity contribution in [2.45, 2.75) is 36.7 Å². The minimum absolute atomic E-state index is 0.226. The van der Waals surface area contributed by atoms with Crippen LogP contribution in [0.5, 0.6) is 0 Å². The Morgan fingerprint density at radius 2 is 1.92 bits per heavy atom. The van der Waals surface area contributed by atoms with Gasteiger partial charge in [0.1, 0.15) is 0 Å². The van der Waals surface area contributed by atoms with Gasteiger partial charge in [-0.2, -0.15) is 0 Å². The van der Waals surface area contributed by atoms with Gasteiger partial charge in [0.05, 0.1) is 4.90 Å². The second kappa shape index (κ2) is 10.9. The molecule has 4 aromatic rings. The molecule has 8 heteroatoms. The summed E-state index contributed by atoms with van der Waals surface area (Å²) in [5.74, 6) is -0.561. The van der Waals surface area contributed by atoms with Gasteiger partial charge in [0.2, 0.25) is 0 Å². The average Bonchev–Trinajstić information content (AvgIpc) is 3.53. The largest absolute Gasteiger partial charge is 0.361 e. The first-order valence-corrected chi connectivity index (χ1v) is 14.5. The molecule has 0 saturated carbocycles. The standard InChI is InChI=1S/C30H31N3O4S/c1-38(36,37)25-11-6-22(7-12-25)20-33(17-16-24-19-31-28-5-3-2-4-26(24)28)29-14-10-23-18-21(8-13-27(23)29)9-15-30(34)32-35/h2-9,11-13,15,18-19,29,31,35H,10,14,16-17,20H2,1H3,(H,32,34)/b15-9+. The van der Waals surface area contributed by atoms with Gasteiger partial charge in [-0.25, -0.2) is 13.9 Å². The minimum atomic E-state index is -3.24. The van der Waals surface area contributed by atoms with Crippen LogP contribution in [-0.4, -0.2) is 42.2 Å². The van der Waals surface area contributed by atoms with Gasteiger partial charge in [-0.05, 0) is 71.4 Å². The number of fused-ring (bicyclic) bond motifs is 2. The lowest BCUT2D eigenvalue weighted by Crippen LogP contribution is -2.29. The Morgan fingerprint density at radius 3 is 2.68 bits per heavy atom. The Kier molecular flexibility index (Phi) is 7.46. The monoisotopic (exact) mass is 529 g/mol. The quantitative estimate of drug-likeness (QED) is 0.164. The Balaban J connectivity index is 1.41. The summed E-state index contributed by atoms with van der Waals surface area (Å²) in [4.78, 5) is 17.6. The number of nitrogens with zero attached hydrogens (tertiary/aromatic N) is 1. The number of rotatable bonds is 9. The molecule has 0 spiro atoms. The van der Waals surface area contributed by atoms with Crippen molar-refractivity contribution in [2.75, 3.05) is 12.8 Å². The van der Waals surface area contributed by atoms with E-state index in [9.17, 15) is 13.2 Å². The molecule has 3 aromatic carbocycles. The fraction of sp³-hybridized carbons (Fsp3) is 0.233. The molecule has 0 fully saturated rings. The van der Waals surface area contributed by atoms with Crippen LogP contribution in [0.2, 0.25) is 0 Å². The van der Waals surface area contributed by atoms with Crippen LogP contribution in [0.4, 0.5) is 0 Å². The van der Waals surface area contributed by atoms with E-state index in [1.165, 1.54) is 34.4 Å². The minimum Gasteiger partial charge on any atom is -0.361 e. The number of hydrogen-bond donors (Lipinski definition) is 3. The second-order valence-corrected chi connectivity index (χ2v) is 11.8. The third kappa shape index (κ3) is 5.72. The van der Waals surface area contributed by atoms with E-state index in [-0.39, 0.29) is 6.04 Å². The van der Waals surface area contributed by atoms with E-state index in [4.69, 9.17) is 5.21 Å². The van der Waals surface area contributed by atoms with Crippen LogP contribution in [0, 0.1) is 0 Å². The van der Waals surface area contributed by atoms with E-state index in [2.05, 4.69) is 46.4 Å². The number of para-hydroxylation sites is 1. The maximum absolute atomic E-state index is 11.9. The molecule has 3 N–H and O–H groups in total. The fourth-order valence-electron chi connectivity index (χ4n) is 5.33. The molecule has 1 aliphatic rings. The number of aromatic amines is 1. The molecular weight excluding hydrogens is 498 g/mol. The highest BCUT2D eigenvalue weighted by molar-refractivity contribution is 7.90. The summed E-state index contributed by atoms with van der Waals surface area (Å²) in [6, 6.07) is 22.0. The number of sulfone groups is 1. The number of carbonyl (C=O) groups is 1. The molecule has 7 nitrogen and oxygen atoms in total. The highest BCUT2D eigenvalue weighted by Crippen LogP contribution is 2.37. The molecule has 1 heterocycles. The Morgan fingerprint density at radius 1 is 1.13 bits per heavy atom. The van der Waals surface area contributed by atoms with E-state index >= 15 is 0 Å². The molecule has 1 atom stereocenters. The molecule has 5 rings (SSSR count). The molecule has 0 aliphatic heterocycles. The van der Waals surface area contributed by atoms with Gasteiger partial charge in [0.25, 0.3) is 5.91 Å². The highest BCUT2D eigenvalue weighted by atomic mass is 32.2. The van der Waals surface area contributed by atoms with E-state index in [1.54, 1.807) is 23.7 Å². The SMILES string of the molecule is CS(=O)(=O)c1ccc(CN(CCc2c[nH]c3ccccc23)C2CCc3cc(/C=C/C(=O)NO)ccc32)cc1. The summed E-state index contributed by atoms with van der Waals surface area (Å²) in [5, 5.41) is 9.97. The van der Waals surface area contributed by atoms with E-state index < -0.39 is 15.7 Å². The summed E-state index contributed by atoms with van der Waals surface area (Å²) in [5.41, 5.74) is 8.54. The molecule has 38 heavy (non-hydrogen) atoms. The zero-order valence-corrected chi connectivity index (χ0v) is 22.0. The maximum Gasteiger partial charge on any atom is 0.267 e. The summed E-state index contributed by atoms with van der Waals surface area (Å²) in [7, 11) is -3.24. The van der Waals surface area contributed by atoms with Gasteiger partial charge >= 0.3 is 0 Å². The second-order valence-electron chi connectivity index (χ2n) is 9.82. The zero-order chi connectivity index (χ0) is 26.7. The highest BCUT2D eigenvalue weighted by Gasteiger charge is 2.28.